The summed E-state index contributed by atoms with van der Waals surface area (Å²) in [7, 11) is 1.64. The number of hydrogen-bond acceptors (Lipinski definition) is 4. The van der Waals surface area contributed by atoms with E-state index in [2.05, 4.69) is 10.1 Å². The van der Waals surface area contributed by atoms with E-state index in [1.54, 1.807) is 18.0 Å². The van der Waals surface area contributed by atoms with E-state index in [-0.39, 0.29) is 29.3 Å². The Balaban J connectivity index is 1.76. The summed E-state index contributed by atoms with van der Waals surface area (Å²) in [5.74, 6) is -0.923. The van der Waals surface area contributed by atoms with Crippen LogP contribution in [-0.2, 0) is 12.6 Å². The third-order valence-corrected chi connectivity index (χ3v) is 4.51. The molecule has 0 aliphatic carbocycles. The van der Waals surface area contributed by atoms with Crippen molar-refractivity contribution < 1.29 is 14.3 Å². The molecule has 1 saturated heterocycles. The van der Waals surface area contributed by atoms with Gasteiger partial charge in [-0.1, -0.05) is 17.7 Å². The van der Waals surface area contributed by atoms with Crippen molar-refractivity contribution >= 4 is 17.5 Å². The monoisotopic (exact) mass is 338 g/mol. The molecule has 122 valence electrons. The molecule has 0 atom stereocenters. The number of amides is 1. The third kappa shape index (κ3) is 2.82. The Hall–Kier alpha value is -1.99. The number of nitrogens with zero attached hydrogens (tertiary/aromatic N) is 4. The zero-order chi connectivity index (χ0) is 16.6. The second kappa shape index (κ2) is 5.90. The highest BCUT2D eigenvalue weighted by Crippen LogP contribution is 2.34. The van der Waals surface area contributed by atoms with Gasteiger partial charge in [0.15, 0.2) is 0 Å². The summed E-state index contributed by atoms with van der Waals surface area (Å²) in [6.07, 6.45) is 3.22. The van der Waals surface area contributed by atoms with E-state index in [4.69, 9.17) is 11.6 Å². The highest BCUT2D eigenvalue weighted by molar-refractivity contribution is 6.33. The van der Waals surface area contributed by atoms with Crippen molar-refractivity contribution in [2.45, 2.75) is 18.4 Å². The average molecular weight is 339 g/mol. The van der Waals surface area contributed by atoms with Crippen LogP contribution in [-0.4, -0.2) is 43.8 Å². The van der Waals surface area contributed by atoms with Gasteiger partial charge in [0.05, 0.1) is 16.8 Å². The number of rotatable bonds is 2. The second-order valence-electron chi connectivity index (χ2n) is 5.63. The molecule has 1 aliphatic rings. The number of aliphatic hydroxyl groups is 1. The standard InChI is InChI=1S/C15H16ClFN4O2/c1-20-12(11(16)9-19-20)14(22)21-7-4-15(23,5-8-21)10-3-2-6-18-13(10)17/h2-3,6,9,23H,4-5,7-8H2,1H3. The highest BCUT2D eigenvalue weighted by Gasteiger charge is 2.38. The number of aryl methyl sites for hydroxylation is 1. The van der Waals surface area contributed by atoms with Crippen LogP contribution in [0.1, 0.15) is 28.9 Å². The molecule has 3 rings (SSSR count). The van der Waals surface area contributed by atoms with Crippen molar-refractivity contribution in [3.63, 3.8) is 0 Å². The highest BCUT2D eigenvalue weighted by atomic mass is 35.5. The normalized spacial score (nSPS) is 17.3. The minimum atomic E-state index is -1.31. The lowest BCUT2D eigenvalue weighted by molar-refractivity contribution is -0.0243. The number of carbonyl (C=O) groups excluding carboxylic acids is 1. The molecule has 2 aromatic rings. The Morgan fingerprint density at radius 2 is 2.13 bits per heavy atom. The van der Waals surface area contributed by atoms with Gasteiger partial charge in [-0.15, -0.1) is 0 Å². The summed E-state index contributed by atoms with van der Waals surface area (Å²) >= 11 is 5.99. The third-order valence-electron chi connectivity index (χ3n) is 4.23. The molecule has 0 radical (unpaired) electrons. The van der Waals surface area contributed by atoms with Crippen LogP contribution in [0.25, 0.3) is 0 Å². The summed E-state index contributed by atoms with van der Waals surface area (Å²) < 4.78 is 15.2. The fraction of sp³-hybridized carbons (Fsp3) is 0.400. The zero-order valence-electron chi connectivity index (χ0n) is 12.5. The lowest BCUT2D eigenvalue weighted by Crippen LogP contribution is -2.46. The van der Waals surface area contributed by atoms with Crippen LogP contribution in [0.5, 0.6) is 0 Å². The summed E-state index contributed by atoms with van der Waals surface area (Å²) in [5.41, 5.74) is -0.832. The summed E-state index contributed by atoms with van der Waals surface area (Å²) in [4.78, 5) is 17.7. The van der Waals surface area contributed by atoms with Gasteiger partial charge in [-0.05, 0) is 18.9 Å². The number of carbonyl (C=O) groups is 1. The number of pyridine rings is 1. The minimum absolute atomic E-state index is 0.172. The largest absolute Gasteiger partial charge is 0.385 e. The number of likely N-dealkylation sites (tertiary alicyclic amines) is 1. The van der Waals surface area contributed by atoms with Crippen LogP contribution in [0.15, 0.2) is 24.5 Å². The molecule has 1 N–H and O–H groups in total. The van der Waals surface area contributed by atoms with Gasteiger partial charge in [0.25, 0.3) is 5.91 Å². The first-order valence-electron chi connectivity index (χ1n) is 7.22. The Morgan fingerprint density at radius 1 is 1.43 bits per heavy atom. The van der Waals surface area contributed by atoms with Gasteiger partial charge < -0.3 is 10.0 Å². The summed E-state index contributed by atoms with van der Waals surface area (Å²) in [5, 5.41) is 14.9. The van der Waals surface area contributed by atoms with Crippen LogP contribution in [0.4, 0.5) is 4.39 Å². The number of piperidine rings is 1. The molecular formula is C15H16ClFN4O2. The van der Waals surface area contributed by atoms with E-state index in [1.807, 2.05) is 0 Å². The molecule has 0 saturated carbocycles. The SMILES string of the molecule is Cn1ncc(Cl)c1C(=O)N1CCC(O)(c2cccnc2F)CC1. The van der Waals surface area contributed by atoms with Gasteiger partial charge in [0, 0.05) is 31.9 Å². The van der Waals surface area contributed by atoms with E-state index >= 15 is 0 Å². The molecule has 23 heavy (non-hydrogen) atoms. The number of hydrogen-bond donors (Lipinski definition) is 1. The van der Waals surface area contributed by atoms with E-state index in [0.29, 0.717) is 18.8 Å². The van der Waals surface area contributed by atoms with Crippen molar-refractivity contribution in [3.05, 3.63) is 46.8 Å². The lowest BCUT2D eigenvalue weighted by atomic mass is 9.85. The second-order valence-corrected chi connectivity index (χ2v) is 6.04. The van der Waals surface area contributed by atoms with Crippen LogP contribution in [0.2, 0.25) is 5.02 Å². The molecule has 1 fully saturated rings. The molecule has 2 aromatic heterocycles. The predicted molar refractivity (Wildman–Crippen MR) is 81.4 cm³/mol. The quantitative estimate of drug-likeness (QED) is 0.847. The molecule has 0 unspecified atom stereocenters. The van der Waals surface area contributed by atoms with Gasteiger partial charge >= 0.3 is 0 Å². The molecule has 0 aromatic carbocycles. The maximum Gasteiger partial charge on any atom is 0.273 e. The summed E-state index contributed by atoms with van der Waals surface area (Å²) in [6.45, 7) is 0.594. The molecule has 3 heterocycles. The molecular weight excluding hydrogens is 323 g/mol. The van der Waals surface area contributed by atoms with Crippen molar-refractivity contribution in [1.82, 2.24) is 19.7 Å². The van der Waals surface area contributed by atoms with Gasteiger partial charge in [-0.2, -0.15) is 9.49 Å². The van der Waals surface area contributed by atoms with E-state index in [0.717, 1.165) is 0 Å². The van der Waals surface area contributed by atoms with Crippen LogP contribution < -0.4 is 0 Å². The van der Waals surface area contributed by atoms with E-state index in [9.17, 15) is 14.3 Å². The van der Waals surface area contributed by atoms with Crippen LogP contribution in [0.3, 0.4) is 0 Å². The molecule has 1 amide bonds. The fourth-order valence-corrected chi connectivity index (χ4v) is 3.13. The first kappa shape index (κ1) is 15.9. The molecule has 0 spiro atoms. The Kier molecular flexibility index (Phi) is 4.08. The molecule has 6 nitrogen and oxygen atoms in total. The van der Waals surface area contributed by atoms with Crippen molar-refractivity contribution in [1.29, 1.82) is 0 Å². The topological polar surface area (TPSA) is 71.2 Å². The molecule has 1 aliphatic heterocycles. The maximum absolute atomic E-state index is 13.8. The Morgan fingerprint density at radius 3 is 2.70 bits per heavy atom. The van der Waals surface area contributed by atoms with Crippen LogP contribution >= 0.6 is 11.6 Å². The minimum Gasteiger partial charge on any atom is -0.385 e. The van der Waals surface area contributed by atoms with Gasteiger partial charge in [-0.3, -0.25) is 9.48 Å². The average Bonchev–Trinajstić information content (AvgIpc) is 2.86. The number of aromatic nitrogens is 3. The first-order chi connectivity index (χ1) is 10.9. The first-order valence-corrected chi connectivity index (χ1v) is 7.60. The Bertz CT molecular complexity index is 721. The summed E-state index contributed by atoms with van der Waals surface area (Å²) in [6, 6.07) is 3.11. The van der Waals surface area contributed by atoms with E-state index in [1.165, 1.54) is 23.1 Å². The van der Waals surface area contributed by atoms with Crippen molar-refractivity contribution in [2.75, 3.05) is 13.1 Å². The number of halogens is 2. The van der Waals surface area contributed by atoms with Crippen molar-refractivity contribution in [2.24, 2.45) is 7.05 Å². The van der Waals surface area contributed by atoms with Gasteiger partial charge in [0.2, 0.25) is 5.95 Å². The smallest absolute Gasteiger partial charge is 0.273 e. The van der Waals surface area contributed by atoms with Gasteiger partial charge in [0.1, 0.15) is 5.69 Å². The zero-order valence-corrected chi connectivity index (χ0v) is 13.3. The fourth-order valence-electron chi connectivity index (χ4n) is 2.88. The molecule has 8 heteroatoms. The van der Waals surface area contributed by atoms with Crippen LogP contribution in [0, 0.1) is 5.95 Å². The Labute approximate surface area is 137 Å². The molecule has 0 bridgehead atoms. The van der Waals surface area contributed by atoms with Crippen molar-refractivity contribution in [3.8, 4) is 0 Å². The maximum atomic E-state index is 13.8. The van der Waals surface area contributed by atoms with Gasteiger partial charge in [-0.25, -0.2) is 4.98 Å². The van der Waals surface area contributed by atoms with E-state index < -0.39 is 11.5 Å². The predicted octanol–water partition coefficient (Wildman–Crippen LogP) is 1.73. The lowest BCUT2D eigenvalue weighted by Gasteiger charge is -2.38.